The summed E-state index contributed by atoms with van der Waals surface area (Å²) in [5.74, 6) is -1.25. The number of carboxylic acids is 1. The van der Waals surface area contributed by atoms with E-state index >= 15 is 0 Å². The largest absolute Gasteiger partial charge is 0.504 e. The van der Waals surface area contributed by atoms with Crippen LogP contribution in [0.2, 0.25) is 0 Å². The average molecular weight is 404 g/mol. The van der Waals surface area contributed by atoms with Gasteiger partial charge in [0.1, 0.15) is 6.61 Å². The molecule has 0 heterocycles. The molecule has 0 saturated heterocycles. The summed E-state index contributed by atoms with van der Waals surface area (Å²) < 4.78 is 9.90. The van der Waals surface area contributed by atoms with Crippen molar-refractivity contribution < 1.29 is 29.3 Å². The number of carboxylic acid groups (broad SMARTS) is 1. The van der Waals surface area contributed by atoms with E-state index in [-0.39, 0.29) is 23.0 Å². The Morgan fingerprint density at radius 3 is 2.14 bits per heavy atom. The van der Waals surface area contributed by atoms with Crippen molar-refractivity contribution in [2.24, 2.45) is 0 Å². The molecule has 0 aliphatic heterocycles. The van der Waals surface area contributed by atoms with Crippen molar-refractivity contribution in [3.05, 3.63) is 53.6 Å². The van der Waals surface area contributed by atoms with Crippen LogP contribution in [-0.2, 0) is 4.74 Å². The maximum absolute atomic E-state index is 11.6. The van der Waals surface area contributed by atoms with Crippen LogP contribution >= 0.6 is 0 Å². The van der Waals surface area contributed by atoms with Crippen LogP contribution in [0.25, 0.3) is 0 Å². The van der Waals surface area contributed by atoms with E-state index in [0.717, 1.165) is 19.6 Å². The Morgan fingerprint density at radius 1 is 1.03 bits per heavy atom. The van der Waals surface area contributed by atoms with Gasteiger partial charge in [0.25, 0.3) is 0 Å². The maximum atomic E-state index is 11.6. The monoisotopic (exact) mass is 404 g/mol. The number of anilines is 1. The second kappa shape index (κ2) is 12.2. The Kier molecular flexibility index (Phi) is 10.0. The SMILES string of the molecule is CCN(CC)CCOC(=O)c1ccc(N)cc1.COc1cc(C(=O)O)ccc1O. The van der Waals surface area contributed by atoms with E-state index < -0.39 is 5.97 Å². The average Bonchev–Trinajstić information content (AvgIpc) is 2.72. The Morgan fingerprint density at radius 2 is 1.62 bits per heavy atom. The zero-order chi connectivity index (χ0) is 21.8. The van der Waals surface area contributed by atoms with Crippen molar-refractivity contribution in [1.29, 1.82) is 0 Å². The molecule has 0 radical (unpaired) electrons. The lowest BCUT2D eigenvalue weighted by Gasteiger charge is -2.17. The number of aromatic carboxylic acids is 1. The zero-order valence-corrected chi connectivity index (χ0v) is 16.9. The molecule has 2 aromatic rings. The molecule has 0 fully saturated rings. The number of phenols is 1. The van der Waals surface area contributed by atoms with Crippen LogP contribution in [-0.4, -0.2) is 60.4 Å². The number of likely N-dealkylation sites (N-methyl/N-ethyl adjacent to an activating group) is 1. The Bertz CT molecular complexity index is 788. The van der Waals surface area contributed by atoms with E-state index in [0.29, 0.717) is 17.9 Å². The van der Waals surface area contributed by atoms with Crippen LogP contribution in [0.4, 0.5) is 5.69 Å². The van der Waals surface area contributed by atoms with Gasteiger partial charge in [-0.2, -0.15) is 0 Å². The highest BCUT2D eigenvalue weighted by atomic mass is 16.5. The minimum atomic E-state index is -1.05. The smallest absolute Gasteiger partial charge is 0.338 e. The molecular formula is C21H28N2O6. The normalized spacial score (nSPS) is 10.1. The molecule has 0 saturated carbocycles. The van der Waals surface area contributed by atoms with E-state index in [4.69, 9.17) is 25.4 Å². The predicted molar refractivity (Wildman–Crippen MR) is 111 cm³/mol. The lowest BCUT2D eigenvalue weighted by Crippen LogP contribution is -2.27. The third kappa shape index (κ3) is 8.10. The molecule has 2 rings (SSSR count). The Labute approximate surface area is 170 Å². The van der Waals surface area contributed by atoms with Crippen molar-refractivity contribution in [3.63, 3.8) is 0 Å². The van der Waals surface area contributed by atoms with E-state index in [2.05, 4.69) is 18.7 Å². The van der Waals surface area contributed by atoms with Crippen LogP contribution in [0, 0.1) is 0 Å². The molecule has 0 spiro atoms. The quantitative estimate of drug-likeness (QED) is 0.453. The number of carbonyl (C=O) groups is 2. The summed E-state index contributed by atoms with van der Waals surface area (Å²) in [6.07, 6.45) is 0. The van der Waals surface area contributed by atoms with Gasteiger partial charge in [-0.25, -0.2) is 9.59 Å². The first-order valence-corrected chi connectivity index (χ1v) is 9.17. The number of phenolic OH excluding ortho intramolecular Hbond substituents is 1. The lowest BCUT2D eigenvalue weighted by atomic mass is 10.2. The van der Waals surface area contributed by atoms with Gasteiger partial charge in [-0.1, -0.05) is 13.8 Å². The number of aromatic hydroxyl groups is 1. The number of nitrogen functional groups attached to an aromatic ring is 1. The van der Waals surface area contributed by atoms with Gasteiger partial charge in [-0.15, -0.1) is 0 Å². The van der Waals surface area contributed by atoms with Crippen LogP contribution in [0.15, 0.2) is 42.5 Å². The van der Waals surface area contributed by atoms with E-state index in [9.17, 15) is 9.59 Å². The second-order valence-corrected chi connectivity index (χ2v) is 5.98. The fourth-order valence-electron chi connectivity index (χ4n) is 2.32. The lowest BCUT2D eigenvalue weighted by molar-refractivity contribution is 0.0466. The molecular weight excluding hydrogens is 376 g/mol. The number of rotatable bonds is 8. The number of ether oxygens (including phenoxy) is 2. The minimum absolute atomic E-state index is 0.0671. The molecule has 158 valence electrons. The molecule has 29 heavy (non-hydrogen) atoms. The highest BCUT2D eigenvalue weighted by Gasteiger charge is 2.08. The van der Waals surface area contributed by atoms with Crippen LogP contribution in [0.3, 0.4) is 0 Å². The summed E-state index contributed by atoms with van der Waals surface area (Å²) in [6.45, 7) is 7.31. The number of hydrogen-bond acceptors (Lipinski definition) is 7. The van der Waals surface area contributed by atoms with Crippen LogP contribution < -0.4 is 10.5 Å². The third-order valence-electron chi connectivity index (χ3n) is 4.11. The number of benzene rings is 2. The maximum Gasteiger partial charge on any atom is 0.338 e. The molecule has 0 atom stereocenters. The first-order chi connectivity index (χ1) is 13.8. The first kappa shape index (κ1) is 23.8. The van der Waals surface area contributed by atoms with E-state index in [1.165, 1.54) is 25.3 Å². The standard InChI is InChI=1S/C13H20N2O2.C8H8O4/c1-3-15(4-2)9-10-17-13(16)11-5-7-12(14)8-6-11;1-12-7-4-5(8(10)11)2-3-6(7)9/h5-8H,3-4,9-10,14H2,1-2H3;2-4,9H,1H3,(H,10,11). The van der Waals surface area contributed by atoms with E-state index in [1.807, 2.05) is 0 Å². The predicted octanol–water partition coefficient (Wildman–Crippen LogP) is 2.87. The number of nitrogens with two attached hydrogens (primary N) is 1. The van der Waals surface area contributed by atoms with Gasteiger partial charge in [-0.05, 0) is 55.6 Å². The third-order valence-corrected chi connectivity index (χ3v) is 4.11. The van der Waals surface area contributed by atoms with Crippen LogP contribution in [0.1, 0.15) is 34.6 Å². The molecule has 2 aromatic carbocycles. The molecule has 0 aromatic heterocycles. The Hall–Kier alpha value is -3.26. The van der Waals surface area contributed by atoms with Gasteiger partial charge in [-0.3, -0.25) is 0 Å². The Balaban J connectivity index is 0.000000308. The molecule has 0 aliphatic rings. The highest BCUT2D eigenvalue weighted by molar-refractivity contribution is 5.89. The van der Waals surface area contributed by atoms with Crippen molar-refractivity contribution >= 4 is 17.6 Å². The molecule has 4 N–H and O–H groups in total. The molecule has 0 bridgehead atoms. The van der Waals surface area contributed by atoms with E-state index in [1.54, 1.807) is 24.3 Å². The molecule has 0 unspecified atom stereocenters. The van der Waals surface area contributed by atoms with Crippen LogP contribution in [0.5, 0.6) is 11.5 Å². The fourth-order valence-corrected chi connectivity index (χ4v) is 2.32. The zero-order valence-electron chi connectivity index (χ0n) is 16.9. The van der Waals surface area contributed by atoms with Gasteiger partial charge in [0, 0.05) is 12.2 Å². The van der Waals surface area contributed by atoms with Gasteiger partial charge in [0.2, 0.25) is 0 Å². The van der Waals surface area contributed by atoms with Crippen molar-refractivity contribution in [2.75, 3.05) is 39.1 Å². The second-order valence-electron chi connectivity index (χ2n) is 5.98. The molecule has 8 nitrogen and oxygen atoms in total. The van der Waals surface area contributed by atoms with Crippen molar-refractivity contribution in [3.8, 4) is 11.5 Å². The minimum Gasteiger partial charge on any atom is -0.504 e. The van der Waals surface area contributed by atoms with Gasteiger partial charge < -0.3 is 30.3 Å². The molecule has 8 heteroatoms. The summed E-state index contributed by atoms with van der Waals surface area (Å²) in [5.41, 5.74) is 6.82. The summed E-state index contributed by atoms with van der Waals surface area (Å²) >= 11 is 0. The number of methoxy groups -OCH3 is 1. The number of esters is 1. The fraction of sp³-hybridized carbons (Fsp3) is 0.333. The highest BCUT2D eigenvalue weighted by Crippen LogP contribution is 2.25. The van der Waals surface area contributed by atoms with Crippen molar-refractivity contribution in [2.45, 2.75) is 13.8 Å². The number of nitrogens with zero attached hydrogens (tertiary/aromatic N) is 1. The summed E-state index contributed by atoms with van der Waals surface area (Å²) in [4.78, 5) is 24.3. The van der Waals surface area contributed by atoms with Crippen molar-refractivity contribution in [1.82, 2.24) is 4.90 Å². The first-order valence-electron chi connectivity index (χ1n) is 9.17. The van der Waals surface area contributed by atoms with Gasteiger partial charge in [0.15, 0.2) is 11.5 Å². The summed E-state index contributed by atoms with van der Waals surface area (Å²) in [7, 11) is 1.36. The number of hydrogen-bond donors (Lipinski definition) is 3. The summed E-state index contributed by atoms with van der Waals surface area (Å²) in [5, 5.41) is 17.7. The molecule has 0 amide bonds. The molecule has 0 aliphatic carbocycles. The summed E-state index contributed by atoms with van der Waals surface area (Å²) in [6, 6.07) is 10.6. The van der Waals surface area contributed by atoms with Gasteiger partial charge >= 0.3 is 11.9 Å². The topological polar surface area (TPSA) is 122 Å². The van der Waals surface area contributed by atoms with Gasteiger partial charge in [0.05, 0.1) is 18.2 Å². The number of carbonyl (C=O) groups excluding carboxylic acids is 1.